The summed E-state index contributed by atoms with van der Waals surface area (Å²) in [4.78, 5) is 23.0. The lowest BCUT2D eigenvalue weighted by molar-refractivity contribution is -0.124. The molecule has 5 rings (SSSR count). The maximum absolute atomic E-state index is 13.1. The number of anilines is 1. The average Bonchev–Trinajstić information content (AvgIpc) is 3.29. The topological polar surface area (TPSA) is 45.1 Å². The van der Waals surface area contributed by atoms with Crippen molar-refractivity contribution in [3.63, 3.8) is 0 Å². The zero-order valence-electron chi connectivity index (χ0n) is 16.2. The number of likely N-dealkylation sites (tertiary alicyclic amines) is 1. The summed E-state index contributed by atoms with van der Waals surface area (Å²) in [6, 6.07) is 18.5. The molecule has 5 nitrogen and oxygen atoms in total. The molecule has 1 atom stereocenters. The minimum Gasteiger partial charge on any atom is -0.390 e. The van der Waals surface area contributed by atoms with Crippen LogP contribution in [-0.4, -0.2) is 49.3 Å². The minimum absolute atomic E-state index is 0.0958. The molecular weight excluding hydrogens is 350 g/mol. The second-order valence-corrected chi connectivity index (χ2v) is 8.10. The van der Waals surface area contributed by atoms with Crippen molar-refractivity contribution in [2.24, 2.45) is 5.16 Å². The third-order valence-corrected chi connectivity index (χ3v) is 6.51. The minimum atomic E-state index is -0.343. The molecule has 3 heterocycles. The van der Waals surface area contributed by atoms with Gasteiger partial charge < -0.3 is 9.74 Å². The highest BCUT2D eigenvalue weighted by molar-refractivity contribution is 6.07. The Morgan fingerprint density at radius 3 is 2.57 bits per heavy atom. The first-order chi connectivity index (χ1) is 13.7. The van der Waals surface area contributed by atoms with Crippen LogP contribution in [0.4, 0.5) is 5.69 Å². The molecular formula is C23H25N3O2. The van der Waals surface area contributed by atoms with Crippen molar-refractivity contribution < 1.29 is 9.63 Å². The lowest BCUT2D eigenvalue weighted by Crippen LogP contribution is -2.49. The summed E-state index contributed by atoms with van der Waals surface area (Å²) in [5, 5.41) is 4.30. The third kappa shape index (κ3) is 2.73. The van der Waals surface area contributed by atoms with Gasteiger partial charge in [0, 0.05) is 25.7 Å². The molecule has 3 aliphatic rings. The molecule has 2 aromatic carbocycles. The monoisotopic (exact) mass is 375 g/mol. The van der Waals surface area contributed by atoms with Gasteiger partial charge in [0.1, 0.15) is 6.10 Å². The molecule has 0 aliphatic carbocycles. The SMILES string of the molecule is CN1C(=O)C2(CCN(C[C@@H]3CC(c4ccccc4)=NO3)CC2)c2ccccc21. The van der Waals surface area contributed by atoms with Crippen LogP contribution in [0.2, 0.25) is 0 Å². The van der Waals surface area contributed by atoms with E-state index in [0.29, 0.717) is 0 Å². The van der Waals surface area contributed by atoms with Crippen LogP contribution < -0.4 is 4.90 Å². The number of hydrogen-bond acceptors (Lipinski definition) is 4. The summed E-state index contributed by atoms with van der Waals surface area (Å²) in [5.41, 5.74) is 4.10. The van der Waals surface area contributed by atoms with Gasteiger partial charge in [0.15, 0.2) is 0 Å². The molecule has 5 heteroatoms. The third-order valence-electron chi connectivity index (χ3n) is 6.51. The van der Waals surface area contributed by atoms with Gasteiger partial charge >= 0.3 is 0 Å². The fraction of sp³-hybridized carbons (Fsp3) is 0.391. The number of rotatable bonds is 3. The van der Waals surface area contributed by atoms with Crippen LogP contribution in [0, 0.1) is 0 Å². The Morgan fingerprint density at radius 2 is 1.79 bits per heavy atom. The van der Waals surface area contributed by atoms with E-state index < -0.39 is 0 Å². The Bertz CT molecular complexity index is 916. The van der Waals surface area contributed by atoms with Crippen molar-refractivity contribution in [2.75, 3.05) is 31.6 Å². The van der Waals surface area contributed by atoms with Crippen LogP contribution in [0.15, 0.2) is 59.8 Å². The number of hydrogen-bond donors (Lipinski definition) is 0. The summed E-state index contributed by atoms with van der Waals surface area (Å²) in [7, 11) is 1.90. The smallest absolute Gasteiger partial charge is 0.237 e. The molecule has 1 amide bonds. The zero-order chi connectivity index (χ0) is 19.1. The number of carbonyl (C=O) groups is 1. The molecule has 144 valence electrons. The number of likely N-dealkylation sites (N-methyl/N-ethyl adjacent to an activating group) is 1. The Kier molecular flexibility index (Phi) is 4.20. The standard InChI is InChI=1S/C23H25N3O2/c1-25-21-10-6-5-9-19(21)23(22(25)27)11-13-26(14-12-23)16-18-15-20(24-28-18)17-7-3-2-4-8-17/h2-10,18H,11-16H2,1H3/t18-/m0/s1. The summed E-state index contributed by atoms with van der Waals surface area (Å²) in [5.74, 6) is 0.250. The van der Waals surface area contributed by atoms with Crippen LogP contribution in [0.25, 0.3) is 0 Å². The molecule has 1 saturated heterocycles. The fourth-order valence-corrected chi connectivity index (χ4v) is 4.93. The van der Waals surface area contributed by atoms with Gasteiger partial charge in [0.25, 0.3) is 0 Å². The number of para-hydroxylation sites is 1. The van der Waals surface area contributed by atoms with Gasteiger partial charge in [-0.25, -0.2) is 0 Å². The Labute approximate surface area is 165 Å². The maximum Gasteiger partial charge on any atom is 0.237 e. The molecule has 0 bridgehead atoms. The first kappa shape index (κ1) is 17.4. The molecule has 0 N–H and O–H groups in total. The van der Waals surface area contributed by atoms with E-state index in [1.54, 1.807) is 0 Å². The van der Waals surface area contributed by atoms with Gasteiger partial charge in [0.05, 0.1) is 11.1 Å². The first-order valence-corrected chi connectivity index (χ1v) is 10.1. The van der Waals surface area contributed by atoms with E-state index >= 15 is 0 Å². The Balaban J connectivity index is 1.23. The molecule has 0 saturated carbocycles. The van der Waals surface area contributed by atoms with Gasteiger partial charge in [-0.2, -0.15) is 0 Å². The number of fused-ring (bicyclic) bond motifs is 2. The van der Waals surface area contributed by atoms with Gasteiger partial charge in [-0.05, 0) is 43.1 Å². The fourth-order valence-electron chi connectivity index (χ4n) is 4.93. The van der Waals surface area contributed by atoms with E-state index in [-0.39, 0.29) is 17.4 Å². The largest absolute Gasteiger partial charge is 0.390 e. The van der Waals surface area contributed by atoms with Gasteiger partial charge in [-0.1, -0.05) is 53.7 Å². The number of oxime groups is 1. The maximum atomic E-state index is 13.1. The van der Waals surface area contributed by atoms with E-state index in [2.05, 4.69) is 34.3 Å². The molecule has 0 unspecified atom stereocenters. The number of carbonyl (C=O) groups excluding carboxylic acids is 1. The molecule has 1 fully saturated rings. The molecule has 0 aromatic heterocycles. The highest BCUT2D eigenvalue weighted by Crippen LogP contribution is 2.47. The van der Waals surface area contributed by atoms with Gasteiger partial charge in [-0.15, -0.1) is 0 Å². The molecule has 3 aliphatic heterocycles. The van der Waals surface area contributed by atoms with E-state index in [4.69, 9.17) is 4.84 Å². The number of benzene rings is 2. The normalized spacial score (nSPS) is 23.6. The number of piperidine rings is 1. The van der Waals surface area contributed by atoms with E-state index in [1.165, 1.54) is 5.56 Å². The summed E-state index contributed by atoms with van der Waals surface area (Å²) in [6.07, 6.45) is 2.67. The van der Waals surface area contributed by atoms with Crippen LogP contribution >= 0.6 is 0 Å². The molecule has 2 aromatic rings. The van der Waals surface area contributed by atoms with Gasteiger partial charge in [0.2, 0.25) is 5.91 Å². The predicted octanol–water partition coefficient (Wildman–Crippen LogP) is 3.19. The van der Waals surface area contributed by atoms with Crippen LogP contribution in [0.3, 0.4) is 0 Å². The molecule has 0 radical (unpaired) electrons. The van der Waals surface area contributed by atoms with Crippen LogP contribution in [-0.2, 0) is 15.0 Å². The Morgan fingerprint density at radius 1 is 1.07 bits per heavy atom. The van der Waals surface area contributed by atoms with Crippen molar-refractivity contribution in [3.05, 3.63) is 65.7 Å². The predicted molar refractivity (Wildman–Crippen MR) is 110 cm³/mol. The van der Waals surface area contributed by atoms with Crippen molar-refractivity contribution in [2.45, 2.75) is 30.8 Å². The van der Waals surface area contributed by atoms with Gasteiger partial charge in [-0.3, -0.25) is 9.69 Å². The van der Waals surface area contributed by atoms with Crippen molar-refractivity contribution in [1.82, 2.24) is 4.90 Å². The van der Waals surface area contributed by atoms with Crippen molar-refractivity contribution >= 4 is 17.3 Å². The number of amides is 1. The van der Waals surface area contributed by atoms with Crippen LogP contribution in [0.5, 0.6) is 0 Å². The highest BCUT2D eigenvalue weighted by atomic mass is 16.6. The summed E-state index contributed by atoms with van der Waals surface area (Å²) in [6.45, 7) is 2.68. The summed E-state index contributed by atoms with van der Waals surface area (Å²) >= 11 is 0. The van der Waals surface area contributed by atoms with E-state index in [9.17, 15) is 4.79 Å². The van der Waals surface area contributed by atoms with Crippen molar-refractivity contribution in [3.8, 4) is 0 Å². The lowest BCUT2D eigenvalue weighted by Gasteiger charge is -2.38. The molecule has 28 heavy (non-hydrogen) atoms. The highest BCUT2D eigenvalue weighted by Gasteiger charge is 2.50. The first-order valence-electron chi connectivity index (χ1n) is 10.1. The summed E-state index contributed by atoms with van der Waals surface area (Å²) < 4.78 is 0. The average molecular weight is 375 g/mol. The second kappa shape index (κ2) is 6.74. The number of nitrogens with zero attached hydrogens (tertiary/aromatic N) is 3. The van der Waals surface area contributed by atoms with Crippen LogP contribution in [0.1, 0.15) is 30.4 Å². The van der Waals surface area contributed by atoms with E-state index in [1.807, 2.05) is 42.3 Å². The van der Waals surface area contributed by atoms with E-state index in [0.717, 1.165) is 55.9 Å². The Hall–Kier alpha value is -2.66. The molecule has 1 spiro atoms. The van der Waals surface area contributed by atoms with Crippen molar-refractivity contribution in [1.29, 1.82) is 0 Å². The zero-order valence-corrected chi connectivity index (χ0v) is 16.2. The second-order valence-electron chi connectivity index (χ2n) is 8.10. The lowest BCUT2D eigenvalue weighted by atomic mass is 9.73. The quantitative estimate of drug-likeness (QED) is 0.828.